The van der Waals surface area contributed by atoms with Crippen molar-refractivity contribution in [3.05, 3.63) is 17.5 Å². The molecule has 0 saturated carbocycles. The first-order valence-electron chi connectivity index (χ1n) is 5.21. The quantitative estimate of drug-likeness (QED) is 0.726. The zero-order chi connectivity index (χ0) is 10.8. The van der Waals surface area contributed by atoms with Crippen molar-refractivity contribution in [2.24, 2.45) is 11.7 Å². The minimum absolute atomic E-state index is 0.0669. The summed E-state index contributed by atoms with van der Waals surface area (Å²) in [4.78, 5) is 13.9. The van der Waals surface area contributed by atoms with E-state index in [0.717, 1.165) is 25.2 Å². The highest BCUT2D eigenvalue weighted by atomic mass is 16.2. The summed E-state index contributed by atoms with van der Waals surface area (Å²) in [6.07, 6.45) is 2.60. The van der Waals surface area contributed by atoms with Gasteiger partial charge in [0, 0.05) is 18.8 Å². The third kappa shape index (κ3) is 1.87. The summed E-state index contributed by atoms with van der Waals surface area (Å²) < 4.78 is 0. The van der Waals surface area contributed by atoms with Crippen molar-refractivity contribution in [1.82, 2.24) is 15.1 Å². The molecular weight excluding hydrogens is 192 g/mol. The van der Waals surface area contributed by atoms with Gasteiger partial charge in [-0.2, -0.15) is 5.10 Å². The number of hydrogen-bond donors (Lipinski definition) is 2. The van der Waals surface area contributed by atoms with Crippen molar-refractivity contribution in [1.29, 1.82) is 0 Å². The maximum absolute atomic E-state index is 12.0. The van der Waals surface area contributed by atoms with Crippen LogP contribution in [0.15, 0.2) is 6.20 Å². The van der Waals surface area contributed by atoms with Crippen LogP contribution >= 0.6 is 0 Å². The van der Waals surface area contributed by atoms with E-state index in [4.69, 9.17) is 5.73 Å². The van der Waals surface area contributed by atoms with Crippen LogP contribution in [0.3, 0.4) is 0 Å². The summed E-state index contributed by atoms with van der Waals surface area (Å²) in [5, 5.41) is 6.63. The summed E-state index contributed by atoms with van der Waals surface area (Å²) in [5.74, 6) is 0.526. The van der Waals surface area contributed by atoms with Gasteiger partial charge in [-0.25, -0.2) is 0 Å². The van der Waals surface area contributed by atoms with Gasteiger partial charge >= 0.3 is 0 Å². The van der Waals surface area contributed by atoms with Gasteiger partial charge in [-0.1, -0.05) is 0 Å². The molecule has 0 aliphatic carbocycles. The predicted octanol–water partition coefficient (Wildman–Crippen LogP) is 0.139. The molecule has 0 spiro atoms. The molecule has 1 atom stereocenters. The normalized spacial score (nSPS) is 20.9. The average Bonchev–Trinajstić information content (AvgIpc) is 2.84. The number of hydrogen-bond acceptors (Lipinski definition) is 3. The molecule has 2 heterocycles. The van der Waals surface area contributed by atoms with Crippen molar-refractivity contribution in [3.8, 4) is 0 Å². The van der Waals surface area contributed by atoms with Crippen LogP contribution in [0.25, 0.3) is 0 Å². The maximum atomic E-state index is 12.0. The van der Waals surface area contributed by atoms with Gasteiger partial charge in [-0.05, 0) is 25.8 Å². The number of nitrogens with two attached hydrogens (primary N) is 1. The monoisotopic (exact) mass is 208 g/mol. The van der Waals surface area contributed by atoms with Gasteiger partial charge in [0.1, 0.15) is 0 Å². The standard InChI is InChI=1S/C10H16N4O/c1-7-9(5-12-13-7)10(15)14-3-2-8(4-11)6-14/h5,8H,2-4,6,11H2,1H3,(H,12,13). The Morgan fingerprint density at radius 1 is 1.80 bits per heavy atom. The number of nitrogens with zero attached hydrogens (tertiary/aromatic N) is 2. The van der Waals surface area contributed by atoms with Crippen LogP contribution in [-0.4, -0.2) is 40.6 Å². The summed E-state index contributed by atoms with van der Waals surface area (Å²) in [6, 6.07) is 0. The molecule has 0 radical (unpaired) electrons. The SMILES string of the molecule is Cc1[nH]ncc1C(=O)N1CCC(CN)C1. The Morgan fingerprint density at radius 2 is 2.60 bits per heavy atom. The summed E-state index contributed by atoms with van der Waals surface area (Å²) in [7, 11) is 0. The highest BCUT2D eigenvalue weighted by Crippen LogP contribution is 2.18. The van der Waals surface area contributed by atoms with Crippen LogP contribution in [0, 0.1) is 12.8 Å². The van der Waals surface area contributed by atoms with Gasteiger partial charge in [-0.3, -0.25) is 9.89 Å². The summed E-state index contributed by atoms with van der Waals surface area (Å²) >= 11 is 0. The van der Waals surface area contributed by atoms with E-state index in [-0.39, 0.29) is 5.91 Å². The van der Waals surface area contributed by atoms with Gasteiger partial charge in [0.25, 0.3) is 5.91 Å². The highest BCUT2D eigenvalue weighted by molar-refractivity contribution is 5.95. The molecule has 3 N–H and O–H groups in total. The van der Waals surface area contributed by atoms with E-state index in [1.165, 1.54) is 0 Å². The molecule has 1 aromatic rings. The van der Waals surface area contributed by atoms with Crippen molar-refractivity contribution < 1.29 is 4.79 Å². The lowest BCUT2D eigenvalue weighted by molar-refractivity contribution is 0.0787. The fourth-order valence-electron chi connectivity index (χ4n) is 1.95. The Hall–Kier alpha value is -1.36. The van der Waals surface area contributed by atoms with Gasteiger partial charge in [-0.15, -0.1) is 0 Å². The molecule has 1 saturated heterocycles. The van der Waals surface area contributed by atoms with Crippen LogP contribution in [0.5, 0.6) is 0 Å². The number of rotatable bonds is 2. The van der Waals surface area contributed by atoms with Crippen molar-refractivity contribution in [3.63, 3.8) is 0 Å². The molecule has 5 heteroatoms. The van der Waals surface area contributed by atoms with Crippen LogP contribution < -0.4 is 5.73 Å². The fraction of sp³-hybridized carbons (Fsp3) is 0.600. The lowest BCUT2D eigenvalue weighted by Gasteiger charge is -2.15. The van der Waals surface area contributed by atoms with E-state index in [1.54, 1.807) is 6.20 Å². The fourth-order valence-corrected chi connectivity index (χ4v) is 1.95. The second kappa shape index (κ2) is 4.02. The molecular formula is C10H16N4O. The largest absolute Gasteiger partial charge is 0.338 e. The molecule has 1 aliphatic rings. The Bertz CT molecular complexity index is 360. The van der Waals surface area contributed by atoms with E-state index in [0.29, 0.717) is 18.0 Å². The minimum Gasteiger partial charge on any atom is -0.338 e. The number of aromatic amines is 1. The summed E-state index contributed by atoms with van der Waals surface area (Å²) in [6.45, 7) is 4.11. The number of likely N-dealkylation sites (tertiary alicyclic amines) is 1. The topological polar surface area (TPSA) is 75.0 Å². The summed E-state index contributed by atoms with van der Waals surface area (Å²) in [5.41, 5.74) is 7.09. The number of amides is 1. The Kier molecular flexibility index (Phi) is 2.73. The molecule has 82 valence electrons. The highest BCUT2D eigenvalue weighted by Gasteiger charge is 2.27. The van der Waals surface area contributed by atoms with Crippen LogP contribution in [-0.2, 0) is 0 Å². The van der Waals surface area contributed by atoms with Gasteiger partial charge in [0.15, 0.2) is 0 Å². The van der Waals surface area contributed by atoms with Gasteiger partial charge < -0.3 is 10.6 Å². The first-order valence-corrected chi connectivity index (χ1v) is 5.21. The Balaban J connectivity index is 2.07. The first kappa shape index (κ1) is 10.2. The molecule has 1 aliphatic heterocycles. The smallest absolute Gasteiger partial charge is 0.257 e. The van der Waals surface area contributed by atoms with E-state index < -0.39 is 0 Å². The predicted molar refractivity (Wildman–Crippen MR) is 56.4 cm³/mol. The Morgan fingerprint density at radius 3 is 3.13 bits per heavy atom. The molecule has 15 heavy (non-hydrogen) atoms. The van der Waals surface area contributed by atoms with Crippen LogP contribution in [0.1, 0.15) is 22.5 Å². The third-order valence-electron chi connectivity index (χ3n) is 2.97. The number of H-pyrrole nitrogens is 1. The molecule has 1 unspecified atom stereocenters. The van der Waals surface area contributed by atoms with E-state index in [9.17, 15) is 4.79 Å². The first-order chi connectivity index (χ1) is 7.22. The lowest BCUT2D eigenvalue weighted by Crippen LogP contribution is -2.30. The molecule has 2 rings (SSSR count). The maximum Gasteiger partial charge on any atom is 0.257 e. The number of carbonyl (C=O) groups excluding carboxylic acids is 1. The van der Waals surface area contributed by atoms with Gasteiger partial charge in [0.05, 0.1) is 11.8 Å². The number of nitrogens with one attached hydrogen (secondary N) is 1. The molecule has 5 nitrogen and oxygen atoms in total. The van der Waals surface area contributed by atoms with E-state index >= 15 is 0 Å². The Labute approximate surface area is 88.6 Å². The molecule has 0 aromatic carbocycles. The molecule has 1 amide bonds. The van der Waals surface area contributed by atoms with Crippen molar-refractivity contribution in [2.75, 3.05) is 19.6 Å². The molecule has 1 aromatic heterocycles. The second-order valence-electron chi connectivity index (χ2n) is 4.05. The average molecular weight is 208 g/mol. The van der Waals surface area contributed by atoms with Crippen LogP contribution in [0.2, 0.25) is 0 Å². The number of aromatic nitrogens is 2. The molecule has 1 fully saturated rings. The lowest BCUT2D eigenvalue weighted by atomic mass is 10.1. The molecule has 0 bridgehead atoms. The third-order valence-corrected chi connectivity index (χ3v) is 2.97. The van der Waals surface area contributed by atoms with Crippen molar-refractivity contribution in [2.45, 2.75) is 13.3 Å². The van der Waals surface area contributed by atoms with Gasteiger partial charge in [0.2, 0.25) is 0 Å². The zero-order valence-electron chi connectivity index (χ0n) is 8.86. The number of aryl methyl sites for hydroxylation is 1. The van der Waals surface area contributed by atoms with Crippen molar-refractivity contribution >= 4 is 5.91 Å². The second-order valence-corrected chi connectivity index (χ2v) is 4.05. The van der Waals surface area contributed by atoms with Crippen LogP contribution in [0.4, 0.5) is 0 Å². The number of carbonyl (C=O) groups is 1. The van der Waals surface area contributed by atoms with E-state index in [1.807, 2.05) is 11.8 Å². The minimum atomic E-state index is 0.0669. The zero-order valence-corrected chi connectivity index (χ0v) is 8.86. The van der Waals surface area contributed by atoms with E-state index in [2.05, 4.69) is 10.2 Å².